The normalized spacial score (nSPS) is 26.8. The summed E-state index contributed by atoms with van der Waals surface area (Å²) in [6.45, 7) is 3.54. The van der Waals surface area contributed by atoms with Gasteiger partial charge in [-0.2, -0.15) is 0 Å². The fraction of sp³-hybridized carbons (Fsp3) is 0.444. The highest BCUT2D eigenvalue weighted by atomic mass is 31.2. The Hall–Kier alpha value is -3.04. The Kier molecular flexibility index (Phi) is 10.6. The van der Waals surface area contributed by atoms with Gasteiger partial charge in [0.25, 0.3) is 7.37 Å². The van der Waals surface area contributed by atoms with E-state index in [0.717, 1.165) is 25.0 Å². The summed E-state index contributed by atoms with van der Waals surface area (Å²) in [7, 11) is -2.85. The molecule has 2 aromatic carbocycles. The molecule has 1 saturated heterocycles. The van der Waals surface area contributed by atoms with Crippen molar-refractivity contribution in [2.45, 2.75) is 63.8 Å². The van der Waals surface area contributed by atoms with Crippen LogP contribution < -0.4 is 0 Å². The van der Waals surface area contributed by atoms with Crippen molar-refractivity contribution in [1.29, 1.82) is 0 Å². The maximum absolute atomic E-state index is 14.4. The summed E-state index contributed by atoms with van der Waals surface area (Å²) < 4.78 is 48.6. The smallest absolute Gasteiger partial charge is 0.303 e. The van der Waals surface area contributed by atoms with Crippen LogP contribution in [0.15, 0.2) is 60.7 Å². The second-order valence-electron chi connectivity index (χ2n) is 8.81. The topological polar surface area (TPSA) is 124 Å². The van der Waals surface area contributed by atoms with Gasteiger partial charge in [0.2, 0.25) is 5.85 Å². The number of hydrogen-bond acceptors (Lipinski definition) is 10. The van der Waals surface area contributed by atoms with Gasteiger partial charge in [-0.3, -0.25) is 18.9 Å². The molecule has 2 aromatic rings. The number of hydrogen-bond donors (Lipinski definition) is 0. The van der Waals surface area contributed by atoms with Crippen LogP contribution in [0.5, 0.6) is 0 Å². The van der Waals surface area contributed by atoms with Crippen molar-refractivity contribution in [3.8, 4) is 0 Å². The Balaban J connectivity index is 2.03. The lowest BCUT2D eigenvalue weighted by atomic mass is 10.0. The van der Waals surface area contributed by atoms with E-state index in [0.29, 0.717) is 0 Å². The summed E-state index contributed by atoms with van der Waals surface area (Å²) in [5.41, 5.74) is 0.555. The number of benzene rings is 2. The van der Waals surface area contributed by atoms with Crippen molar-refractivity contribution in [3.63, 3.8) is 0 Å². The minimum Gasteiger partial charge on any atom is -0.459 e. The van der Waals surface area contributed by atoms with E-state index in [4.69, 9.17) is 28.2 Å². The van der Waals surface area contributed by atoms with E-state index in [1.165, 1.54) is 14.0 Å². The number of rotatable bonds is 11. The molecule has 6 atom stereocenters. The molecule has 0 N–H and O–H groups in total. The zero-order valence-electron chi connectivity index (χ0n) is 21.8. The molecule has 0 unspecified atom stereocenters. The summed E-state index contributed by atoms with van der Waals surface area (Å²) in [5.74, 6) is -3.69. The fourth-order valence-corrected chi connectivity index (χ4v) is 7.14. The standard InChI is InChI=1S/C27H33O10P/c1-18(28)35-24-23(17-33-15-21-11-7-5-8-12-21)38(31,32-4)27(37-20(3)30)26(36-19(2)29)25(24)34-16-22-13-9-6-10-14-22/h5-14,23-27H,15-17H2,1-4H3/t23-,24+,25+,26-,27-,38+/m1/s1. The van der Waals surface area contributed by atoms with Crippen molar-refractivity contribution in [1.82, 2.24) is 0 Å². The molecule has 0 aliphatic carbocycles. The van der Waals surface area contributed by atoms with Gasteiger partial charge < -0.3 is 28.2 Å². The summed E-state index contributed by atoms with van der Waals surface area (Å²) in [6.07, 6.45) is -3.76. The first-order valence-corrected chi connectivity index (χ1v) is 13.9. The van der Waals surface area contributed by atoms with Gasteiger partial charge in [0.15, 0.2) is 6.10 Å². The molecule has 206 valence electrons. The van der Waals surface area contributed by atoms with Crippen molar-refractivity contribution in [3.05, 3.63) is 71.8 Å². The van der Waals surface area contributed by atoms with Crippen LogP contribution >= 0.6 is 7.37 Å². The van der Waals surface area contributed by atoms with Crippen molar-refractivity contribution in [2.24, 2.45) is 0 Å². The van der Waals surface area contributed by atoms with Crippen LogP contribution in [0, 0.1) is 0 Å². The molecule has 0 aromatic heterocycles. The fourth-order valence-electron chi connectivity index (χ4n) is 4.40. The van der Waals surface area contributed by atoms with Crippen LogP contribution in [-0.4, -0.2) is 61.4 Å². The van der Waals surface area contributed by atoms with Crippen molar-refractivity contribution in [2.75, 3.05) is 13.7 Å². The van der Waals surface area contributed by atoms with Gasteiger partial charge in [-0.05, 0) is 11.1 Å². The lowest BCUT2D eigenvalue weighted by Crippen LogP contribution is -2.61. The van der Waals surface area contributed by atoms with Gasteiger partial charge in [0.05, 0.1) is 19.8 Å². The molecule has 1 heterocycles. The zero-order valence-corrected chi connectivity index (χ0v) is 22.7. The summed E-state index contributed by atoms with van der Waals surface area (Å²) >= 11 is 0. The number of esters is 3. The van der Waals surface area contributed by atoms with E-state index in [2.05, 4.69) is 0 Å². The molecular formula is C27H33O10P. The molecule has 38 heavy (non-hydrogen) atoms. The van der Waals surface area contributed by atoms with E-state index in [9.17, 15) is 18.9 Å². The molecule has 1 aliphatic rings. The highest BCUT2D eigenvalue weighted by Crippen LogP contribution is 2.63. The largest absolute Gasteiger partial charge is 0.459 e. The predicted octanol–water partition coefficient (Wildman–Crippen LogP) is 3.85. The lowest BCUT2D eigenvalue weighted by Gasteiger charge is -2.47. The third-order valence-electron chi connectivity index (χ3n) is 5.99. The van der Waals surface area contributed by atoms with E-state index in [-0.39, 0.29) is 19.8 Å². The number of carbonyl (C=O) groups is 3. The summed E-state index contributed by atoms with van der Waals surface area (Å²) in [6, 6.07) is 18.5. The Bertz CT molecular complexity index is 1120. The van der Waals surface area contributed by atoms with Crippen molar-refractivity contribution < 1.29 is 47.2 Å². The maximum Gasteiger partial charge on any atom is 0.303 e. The van der Waals surface area contributed by atoms with E-state index in [1.807, 2.05) is 60.7 Å². The molecule has 11 heteroatoms. The van der Waals surface area contributed by atoms with E-state index < -0.39 is 55.1 Å². The molecule has 0 bridgehead atoms. The third-order valence-corrected chi connectivity index (χ3v) is 9.03. The number of carbonyl (C=O) groups excluding carboxylic acids is 3. The highest BCUT2D eigenvalue weighted by molar-refractivity contribution is 7.60. The van der Waals surface area contributed by atoms with Gasteiger partial charge in [0.1, 0.15) is 17.9 Å². The highest BCUT2D eigenvalue weighted by Gasteiger charge is 2.63. The second-order valence-corrected chi connectivity index (χ2v) is 11.6. The average molecular weight is 549 g/mol. The van der Waals surface area contributed by atoms with Crippen LogP contribution in [0.3, 0.4) is 0 Å². The lowest BCUT2D eigenvalue weighted by molar-refractivity contribution is -0.196. The first kappa shape index (κ1) is 29.5. The van der Waals surface area contributed by atoms with E-state index >= 15 is 0 Å². The van der Waals surface area contributed by atoms with Gasteiger partial charge >= 0.3 is 17.9 Å². The molecule has 0 saturated carbocycles. The number of ether oxygens (including phenoxy) is 5. The first-order chi connectivity index (χ1) is 18.2. The summed E-state index contributed by atoms with van der Waals surface area (Å²) in [4.78, 5) is 36.4. The van der Waals surface area contributed by atoms with Crippen LogP contribution in [-0.2, 0) is 60.4 Å². The van der Waals surface area contributed by atoms with Crippen LogP contribution in [0.25, 0.3) is 0 Å². The summed E-state index contributed by atoms with van der Waals surface area (Å²) in [5, 5.41) is 0. The Morgan fingerprint density at radius 3 is 1.71 bits per heavy atom. The Morgan fingerprint density at radius 2 is 1.21 bits per heavy atom. The molecule has 1 fully saturated rings. The molecular weight excluding hydrogens is 515 g/mol. The molecule has 3 rings (SSSR count). The van der Waals surface area contributed by atoms with Gasteiger partial charge in [-0.25, -0.2) is 0 Å². The second kappa shape index (κ2) is 13.7. The minimum absolute atomic E-state index is 0.0443. The maximum atomic E-state index is 14.4. The molecule has 0 spiro atoms. The Labute approximate surface area is 221 Å². The van der Waals surface area contributed by atoms with Crippen LogP contribution in [0.1, 0.15) is 31.9 Å². The molecule has 0 amide bonds. The van der Waals surface area contributed by atoms with Crippen molar-refractivity contribution >= 4 is 25.3 Å². The molecule has 1 aliphatic heterocycles. The minimum atomic E-state index is -4.05. The van der Waals surface area contributed by atoms with Gasteiger partial charge in [-0.1, -0.05) is 60.7 Å². The Morgan fingerprint density at radius 1 is 0.711 bits per heavy atom. The van der Waals surface area contributed by atoms with Crippen LogP contribution in [0.4, 0.5) is 0 Å². The average Bonchev–Trinajstić information content (AvgIpc) is 2.88. The monoisotopic (exact) mass is 548 g/mol. The first-order valence-electron chi connectivity index (χ1n) is 12.1. The zero-order chi connectivity index (χ0) is 27.7. The molecule has 0 radical (unpaired) electrons. The van der Waals surface area contributed by atoms with Crippen LogP contribution in [0.2, 0.25) is 0 Å². The molecule has 10 nitrogen and oxygen atoms in total. The van der Waals surface area contributed by atoms with E-state index in [1.54, 1.807) is 0 Å². The third kappa shape index (κ3) is 7.51. The SMILES string of the molecule is CO[P@@]1(=O)[C@H](COCc2ccccc2)[C@H](OC(C)=O)[C@H](OCc2ccccc2)[C@@H](OC(C)=O)[C@@H]1OC(C)=O. The van der Waals surface area contributed by atoms with Gasteiger partial charge in [0, 0.05) is 27.9 Å². The quantitative estimate of drug-likeness (QED) is 0.232. The van der Waals surface area contributed by atoms with Gasteiger partial charge in [-0.15, -0.1) is 0 Å². The predicted molar refractivity (Wildman–Crippen MR) is 136 cm³/mol.